The predicted octanol–water partition coefficient (Wildman–Crippen LogP) is 1.83. The maximum absolute atomic E-state index is 9.32. The summed E-state index contributed by atoms with van der Waals surface area (Å²) in [7, 11) is 2.16. The molecule has 0 amide bonds. The van der Waals surface area contributed by atoms with Crippen LogP contribution in [0.1, 0.15) is 36.9 Å². The number of hydrogen-bond acceptors (Lipinski definition) is 4. The zero-order valence-corrected chi connectivity index (χ0v) is 11.0. The SMILES string of the molecule is CN1CCC(c2csc(C(C)(C)CO)n2)C1. The number of rotatable bonds is 3. The van der Waals surface area contributed by atoms with Crippen LogP contribution in [0, 0.1) is 0 Å². The smallest absolute Gasteiger partial charge is 0.101 e. The molecule has 16 heavy (non-hydrogen) atoms. The van der Waals surface area contributed by atoms with Gasteiger partial charge in [-0.1, -0.05) is 13.8 Å². The number of aliphatic hydroxyl groups excluding tert-OH is 1. The van der Waals surface area contributed by atoms with Gasteiger partial charge in [0.1, 0.15) is 5.01 Å². The van der Waals surface area contributed by atoms with E-state index in [1.54, 1.807) is 11.3 Å². The van der Waals surface area contributed by atoms with Crippen molar-refractivity contribution >= 4 is 11.3 Å². The summed E-state index contributed by atoms with van der Waals surface area (Å²) >= 11 is 1.68. The van der Waals surface area contributed by atoms with E-state index in [-0.39, 0.29) is 12.0 Å². The Morgan fingerprint density at radius 2 is 2.38 bits per heavy atom. The third-order valence-corrected chi connectivity index (χ3v) is 4.53. The summed E-state index contributed by atoms with van der Waals surface area (Å²) in [5.41, 5.74) is 1.01. The minimum absolute atomic E-state index is 0.157. The Hall–Kier alpha value is -0.450. The highest BCUT2D eigenvalue weighted by atomic mass is 32.1. The summed E-state index contributed by atoms with van der Waals surface area (Å²) in [6.45, 7) is 6.51. The van der Waals surface area contributed by atoms with Crippen LogP contribution in [0.4, 0.5) is 0 Å². The second-order valence-corrected chi connectivity index (χ2v) is 6.23. The summed E-state index contributed by atoms with van der Waals surface area (Å²) in [5, 5.41) is 12.5. The van der Waals surface area contributed by atoms with Gasteiger partial charge in [-0.3, -0.25) is 0 Å². The minimum Gasteiger partial charge on any atom is -0.395 e. The summed E-state index contributed by atoms with van der Waals surface area (Å²) in [5.74, 6) is 0.587. The van der Waals surface area contributed by atoms with Crippen LogP contribution in [0.2, 0.25) is 0 Å². The van der Waals surface area contributed by atoms with Gasteiger partial charge in [0, 0.05) is 23.3 Å². The molecule has 1 atom stereocenters. The van der Waals surface area contributed by atoms with Gasteiger partial charge in [0.2, 0.25) is 0 Å². The Balaban J connectivity index is 2.14. The van der Waals surface area contributed by atoms with Gasteiger partial charge in [-0.2, -0.15) is 0 Å². The first-order chi connectivity index (χ1) is 7.53. The molecular formula is C12H20N2OS. The van der Waals surface area contributed by atoms with Crippen molar-refractivity contribution in [1.82, 2.24) is 9.88 Å². The molecule has 4 heteroatoms. The average molecular weight is 240 g/mol. The van der Waals surface area contributed by atoms with Crippen molar-refractivity contribution in [2.45, 2.75) is 31.6 Å². The number of hydrogen-bond donors (Lipinski definition) is 1. The van der Waals surface area contributed by atoms with Crippen molar-refractivity contribution in [2.24, 2.45) is 0 Å². The molecule has 1 aromatic rings. The maximum atomic E-state index is 9.32. The number of likely N-dealkylation sites (tertiary alicyclic amines) is 1. The lowest BCUT2D eigenvalue weighted by molar-refractivity contribution is 0.218. The van der Waals surface area contributed by atoms with Gasteiger partial charge < -0.3 is 10.0 Å². The molecule has 1 N–H and O–H groups in total. The molecule has 1 aromatic heterocycles. The lowest BCUT2D eigenvalue weighted by Crippen LogP contribution is -2.22. The standard InChI is InChI=1S/C12H20N2OS/c1-12(2,8-15)11-13-10(7-16-11)9-4-5-14(3)6-9/h7,9,15H,4-6,8H2,1-3H3. The van der Waals surface area contributed by atoms with Gasteiger partial charge >= 0.3 is 0 Å². The van der Waals surface area contributed by atoms with E-state index in [0.717, 1.165) is 11.6 Å². The minimum atomic E-state index is -0.201. The van der Waals surface area contributed by atoms with Crippen LogP contribution >= 0.6 is 11.3 Å². The topological polar surface area (TPSA) is 36.4 Å². The van der Waals surface area contributed by atoms with Crippen LogP contribution in [0.25, 0.3) is 0 Å². The van der Waals surface area contributed by atoms with Crippen LogP contribution < -0.4 is 0 Å². The fraction of sp³-hybridized carbons (Fsp3) is 0.750. The summed E-state index contributed by atoms with van der Waals surface area (Å²) in [4.78, 5) is 7.05. The highest BCUT2D eigenvalue weighted by Crippen LogP contribution is 2.31. The molecule has 2 heterocycles. The Kier molecular flexibility index (Phi) is 3.33. The third-order valence-electron chi connectivity index (χ3n) is 3.31. The third kappa shape index (κ3) is 2.29. The molecule has 1 aliphatic heterocycles. The predicted molar refractivity (Wildman–Crippen MR) is 67.1 cm³/mol. The van der Waals surface area contributed by atoms with Crippen molar-refractivity contribution in [2.75, 3.05) is 26.7 Å². The number of nitrogens with zero attached hydrogens (tertiary/aromatic N) is 2. The molecule has 0 saturated carbocycles. The molecular weight excluding hydrogens is 220 g/mol. The second kappa shape index (κ2) is 4.43. The van der Waals surface area contributed by atoms with Crippen LogP contribution in [0.15, 0.2) is 5.38 Å². The van der Waals surface area contributed by atoms with E-state index in [1.807, 2.05) is 13.8 Å². The number of aliphatic hydroxyl groups is 1. The largest absolute Gasteiger partial charge is 0.395 e. The summed E-state index contributed by atoms with van der Waals surface area (Å²) in [6, 6.07) is 0. The van der Waals surface area contributed by atoms with Gasteiger partial charge in [-0.25, -0.2) is 4.98 Å². The molecule has 1 aliphatic rings. The van der Waals surface area contributed by atoms with E-state index >= 15 is 0 Å². The van der Waals surface area contributed by atoms with E-state index in [2.05, 4.69) is 17.3 Å². The van der Waals surface area contributed by atoms with E-state index in [0.29, 0.717) is 5.92 Å². The normalized spacial score (nSPS) is 22.9. The Morgan fingerprint density at radius 3 is 2.94 bits per heavy atom. The Morgan fingerprint density at radius 1 is 1.62 bits per heavy atom. The van der Waals surface area contributed by atoms with Gasteiger partial charge in [-0.05, 0) is 20.0 Å². The molecule has 1 unspecified atom stereocenters. The molecule has 0 radical (unpaired) electrons. The molecule has 3 nitrogen and oxygen atoms in total. The highest BCUT2D eigenvalue weighted by molar-refractivity contribution is 7.09. The van der Waals surface area contributed by atoms with Crippen molar-refractivity contribution < 1.29 is 5.11 Å². The van der Waals surface area contributed by atoms with Crippen molar-refractivity contribution in [3.63, 3.8) is 0 Å². The van der Waals surface area contributed by atoms with Gasteiger partial charge in [0.25, 0.3) is 0 Å². The average Bonchev–Trinajstić information content (AvgIpc) is 2.85. The molecule has 0 aliphatic carbocycles. The number of thiazole rings is 1. The first-order valence-electron chi connectivity index (χ1n) is 5.78. The van der Waals surface area contributed by atoms with E-state index in [1.165, 1.54) is 18.7 Å². The first kappa shape index (κ1) is 12.0. The zero-order valence-electron chi connectivity index (χ0n) is 10.2. The maximum Gasteiger partial charge on any atom is 0.101 e. The van der Waals surface area contributed by atoms with Gasteiger partial charge in [0.05, 0.1) is 12.3 Å². The highest BCUT2D eigenvalue weighted by Gasteiger charge is 2.27. The molecule has 2 rings (SSSR count). The lowest BCUT2D eigenvalue weighted by atomic mass is 9.96. The number of aromatic nitrogens is 1. The summed E-state index contributed by atoms with van der Waals surface area (Å²) in [6.07, 6.45) is 1.21. The molecule has 1 fully saturated rings. The van der Waals surface area contributed by atoms with Crippen LogP contribution in [0.5, 0.6) is 0 Å². The number of likely N-dealkylation sites (N-methyl/N-ethyl adjacent to an activating group) is 1. The van der Waals surface area contributed by atoms with Crippen LogP contribution in [0.3, 0.4) is 0 Å². The molecule has 0 aromatic carbocycles. The Labute approximate surface area is 101 Å². The van der Waals surface area contributed by atoms with E-state index < -0.39 is 0 Å². The molecule has 1 saturated heterocycles. The summed E-state index contributed by atoms with van der Waals surface area (Å²) < 4.78 is 0. The van der Waals surface area contributed by atoms with Gasteiger partial charge in [-0.15, -0.1) is 11.3 Å². The zero-order chi connectivity index (χ0) is 11.8. The fourth-order valence-electron chi connectivity index (χ4n) is 2.03. The lowest BCUT2D eigenvalue weighted by Gasteiger charge is -2.18. The van der Waals surface area contributed by atoms with Crippen LogP contribution in [-0.2, 0) is 5.41 Å². The quantitative estimate of drug-likeness (QED) is 0.875. The Bertz CT molecular complexity index is 362. The van der Waals surface area contributed by atoms with Crippen molar-refractivity contribution in [1.29, 1.82) is 0 Å². The van der Waals surface area contributed by atoms with Crippen LogP contribution in [-0.4, -0.2) is 41.7 Å². The monoisotopic (exact) mass is 240 g/mol. The second-order valence-electron chi connectivity index (χ2n) is 5.37. The van der Waals surface area contributed by atoms with E-state index in [4.69, 9.17) is 4.98 Å². The van der Waals surface area contributed by atoms with E-state index in [9.17, 15) is 5.11 Å². The van der Waals surface area contributed by atoms with Gasteiger partial charge in [0.15, 0.2) is 0 Å². The van der Waals surface area contributed by atoms with Crippen molar-refractivity contribution in [3.05, 3.63) is 16.1 Å². The molecule has 90 valence electrons. The molecule has 0 spiro atoms. The molecule has 0 bridgehead atoms. The fourth-order valence-corrected chi connectivity index (χ4v) is 3.05. The first-order valence-corrected chi connectivity index (χ1v) is 6.66. The van der Waals surface area contributed by atoms with Crippen molar-refractivity contribution in [3.8, 4) is 0 Å².